The van der Waals surface area contributed by atoms with Gasteiger partial charge < -0.3 is 33.8 Å². The number of carbonyl (C=O) groups excluding carboxylic acids is 4. The molecule has 0 aliphatic heterocycles. The van der Waals surface area contributed by atoms with Crippen molar-refractivity contribution < 1.29 is 80.2 Å². The molecule has 0 heterocycles. The summed E-state index contributed by atoms with van der Waals surface area (Å²) in [5.74, 6) is -0.483. The summed E-state index contributed by atoms with van der Waals surface area (Å²) in [5.41, 5.74) is 0. The molecule has 3 unspecified atom stereocenters. The van der Waals surface area contributed by atoms with Crippen molar-refractivity contribution in [2.24, 2.45) is 11.8 Å². The Morgan fingerprint density at radius 3 is 0.784 bits per heavy atom. The van der Waals surface area contributed by atoms with E-state index in [9.17, 15) is 43.2 Å². The van der Waals surface area contributed by atoms with Gasteiger partial charge in [-0.2, -0.15) is 0 Å². The number of unbranched alkanes of at least 4 members (excludes halogenated alkanes) is 46. The minimum Gasteiger partial charge on any atom is -0.462 e. The second kappa shape index (κ2) is 69.8. The maximum Gasteiger partial charge on any atom is 0.472 e. The van der Waals surface area contributed by atoms with Crippen LogP contribution < -0.4 is 0 Å². The van der Waals surface area contributed by atoms with E-state index < -0.39 is 97.5 Å². The first-order chi connectivity index (χ1) is 46.9. The molecular formula is C78H152O17P2. The van der Waals surface area contributed by atoms with Gasteiger partial charge >= 0.3 is 39.5 Å². The summed E-state index contributed by atoms with van der Waals surface area (Å²) >= 11 is 0. The Balaban J connectivity index is 5.20. The summed E-state index contributed by atoms with van der Waals surface area (Å²) < 4.78 is 68.6. The molecule has 0 rings (SSSR count). The third kappa shape index (κ3) is 70.9. The first kappa shape index (κ1) is 95.1. The Morgan fingerprint density at radius 1 is 0.299 bits per heavy atom. The van der Waals surface area contributed by atoms with E-state index in [2.05, 4.69) is 41.5 Å². The number of esters is 4. The minimum absolute atomic E-state index is 0.108. The van der Waals surface area contributed by atoms with Crippen LogP contribution in [0.15, 0.2) is 0 Å². The Hall–Kier alpha value is -1.94. The number of aliphatic hydroxyl groups is 1. The molecule has 576 valence electrons. The van der Waals surface area contributed by atoms with Gasteiger partial charge in [0, 0.05) is 25.7 Å². The van der Waals surface area contributed by atoms with Crippen molar-refractivity contribution in [2.45, 2.75) is 426 Å². The third-order valence-corrected chi connectivity index (χ3v) is 20.5. The van der Waals surface area contributed by atoms with Gasteiger partial charge in [0.1, 0.15) is 19.3 Å². The second-order valence-corrected chi connectivity index (χ2v) is 31.7. The lowest BCUT2D eigenvalue weighted by molar-refractivity contribution is -0.161. The molecule has 0 fully saturated rings. The molecular weight excluding hydrogens is 1270 g/mol. The zero-order valence-electron chi connectivity index (χ0n) is 63.4. The van der Waals surface area contributed by atoms with E-state index in [1.165, 1.54) is 225 Å². The summed E-state index contributed by atoms with van der Waals surface area (Å²) in [6.07, 6.45) is 58.2. The fourth-order valence-corrected chi connectivity index (χ4v) is 13.6. The van der Waals surface area contributed by atoms with Crippen molar-refractivity contribution in [1.82, 2.24) is 0 Å². The Morgan fingerprint density at radius 2 is 0.526 bits per heavy atom. The van der Waals surface area contributed by atoms with Crippen LogP contribution in [-0.4, -0.2) is 96.7 Å². The maximum absolute atomic E-state index is 13.1. The van der Waals surface area contributed by atoms with E-state index in [0.717, 1.165) is 102 Å². The number of ether oxygens (including phenoxy) is 4. The second-order valence-electron chi connectivity index (χ2n) is 28.8. The number of aliphatic hydroxyl groups excluding tert-OH is 1. The lowest BCUT2D eigenvalue weighted by atomic mass is 9.99. The first-order valence-electron chi connectivity index (χ1n) is 40.5. The highest BCUT2D eigenvalue weighted by Crippen LogP contribution is 2.45. The number of carbonyl (C=O) groups is 4. The number of hydrogen-bond acceptors (Lipinski definition) is 15. The van der Waals surface area contributed by atoms with Gasteiger partial charge in [0.15, 0.2) is 12.2 Å². The Bertz CT molecular complexity index is 1870. The highest BCUT2D eigenvalue weighted by molar-refractivity contribution is 7.47. The van der Waals surface area contributed by atoms with Crippen molar-refractivity contribution in [2.75, 3.05) is 39.6 Å². The molecule has 0 saturated carbocycles. The molecule has 3 N–H and O–H groups in total. The molecule has 97 heavy (non-hydrogen) atoms. The van der Waals surface area contributed by atoms with Crippen LogP contribution in [0.1, 0.15) is 408 Å². The number of phosphoric acid groups is 2. The fraction of sp³-hybridized carbons (Fsp3) is 0.949. The normalized spacial score (nSPS) is 14.2. The summed E-state index contributed by atoms with van der Waals surface area (Å²) in [6, 6.07) is 0. The molecule has 0 aromatic rings. The van der Waals surface area contributed by atoms with Crippen LogP contribution in [0.2, 0.25) is 0 Å². The van der Waals surface area contributed by atoms with Crippen LogP contribution >= 0.6 is 15.6 Å². The standard InChI is InChI=1S/C78H152O17P2/c1-7-10-12-14-16-18-19-26-30-38-44-50-56-62-77(82)94-73(66-88-75(80)60-54-48-42-34-17-15-13-11-8-2)68-92-96(84,85)90-64-72(79)65-91-97(86,87)93-69-74(67-89-76(81)61-55-49-43-37-33-32-36-41-47-53-59-71(6)9-3)95-78(83)63-57-51-45-39-31-28-25-23-21-20-22-24-27-29-35-40-46-52-58-70(4)5/h70-74,79H,7-69H2,1-6H3,(H,84,85)(H,86,87)/t71?,72-,73+,74+/m0/s1. The summed E-state index contributed by atoms with van der Waals surface area (Å²) in [6.45, 7) is 9.66. The maximum atomic E-state index is 13.1. The number of rotatable bonds is 77. The highest BCUT2D eigenvalue weighted by Gasteiger charge is 2.30. The molecule has 0 saturated heterocycles. The van der Waals surface area contributed by atoms with Crippen molar-refractivity contribution in [3.63, 3.8) is 0 Å². The molecule has 0 bridgehead atoms. The predicted molar refractivity (Wildman–Crippen MR) is 395 cm³/mol. The third-order valence-electron chi connectivity index (χ3n) is 18.6. The average Bonchev–Trinajstić information content (AvgIpc) is 1.45. The van der Waals surface area contributed by atoms with Crippen LogP contribution in [0.4, 0.5) is 0 Å². The van der Waals surface area contributed by atoms with Gasteiger partial charge in [-0.1, -0.05) is 356 Å². The molecule has 17 nitrogen and oxygen atoms in total. The van der Waals surface area contributed by atoms with Gasteiger partial charge in [-0.05, 0) is 37.5 Å². The first-order valence-corrected chi connectivity index (χ1v) is 43.5. The van der Waals surface area contributed by atoms with E-state index >= 15 is 0 Å². The summed E-state index contributed by atoms with van der Waals surface area (Å²) in [4.78, 5) is 72.8. The van der Waals surface area contributed by atoms with E-state index in [0.29, 0.717) is 25.7 Å². The van der Waals surface area contributed by atoms with Crippen molar-refractivity contribution in [3.8, 4) is 0 Å². The van der Waals surface area contributed by atoms with Crippen LogP contribution in [0.3, 0.4) is 0 Å². The van der Waals surface area contributed by atoms with Gasteiger partial charge in [0.25, 0.3) is 0 Å². The number of hydrogen-bond donors (Lipinski definition) is 3. The number of phosphoric ester groups is 2. The summed E-state index contributed by atoms with van der Waals surface area (Å²) in [5, 5.41) is 10.6. The van der Waals surface area contributed by atoms with Gasteiger partial charge in [0.2, 0.25) is 0 Å². The molecule has 0 aliphatic carbocycles. The smallest absolute Gasteiger partial charge is 0.462 e. The molecule has 0 spiro atoms. The predicted octanol–water partition coefficient (Wildman–Crippen LogP) is 23.1. The topological polar surface area (TPSA) is 237 Å². The Labute approximate surface area is 594 Å². The molecule has 0 amide bonds. The SMILES string of the molecule is CCCCCCCCCCCCCCCC(=O)O[C@H](COC(=O)CCCCCCCCCCC)COP(=O)(O)OC[C@H](O)COP(=O)(O)OC[C@@H](COC(=O)CCCCCCCCCCCCC(C)CC)OC(=O)CCCCCCCCCCCCCCCCCCCCC(C)C. The molecule has 6 atom stereocenters. The summed E-state index contributed by atoms with van der Waals surface area (Å²) in [7, 11) is -9.91. The van der Waals surface area contributed by atoms with Crippen LogP contribution in [-0.2, 0) is 65.4 Å². The van der Waals surface area contributed by atoms with Crippen LogP contribution in [0.25, 0.3) is 0 Å². The van der Waals surface area contributed by atoms with E-state index in [1.54, 1.807) is 0 Å². The zero-order valence-corrected chi connectivity index (χ0v) is 65.2. The monoisotopic (exact) mass is 1420 g/mol. The van der Waals surface area contributed by atoms with Gasteiger partial charge in [0.05, 0.1) is 26.4 Å². The molecule has 19 heteroatoms. The molecule has 0 aromatic carbocycles. The fourth-order valence-electron chi connectivity index (χ4n) is 12.0. The van der Waals surface area contributed by atoms with Gasteiger partial charge in [-0.3, -0.25) is 37.3 Å². The minimum atomic E-state index is -4.96. The van der Waals surface area contributed by atoms with E-state index in [4.69, 9.17) is 37.0 Å². The molecule has 0 aliphatic rings. The largest absolute Gasteiger partial charge is 0.472 e. The van der Waals surface area contributed by atoms with Crippen molar-refractivity contribution in [1.29, 1.82) is 0 Å². The molecule has 0 aromatic heterocycles. The zero-order chi connectivity index (χ0) is 71.4. The van der Waals surface area contributed by atoms with Crippen molar-refractivity contribution >= 4 is 39.5 Å². The average molecular weight is 1420 g/mol. The van der Waals surface area contributed by atoms with Crippen LogP contribution in [0, 0.1) is 11.8 Å². The van der Waals surface area contributed by atoms with Crippen LogP contribution in [0.5, 0.6) is 0 Å². The quantitative estimate of drug-likeness (QED) is 0.0222. The van der Waals surface area contributed by atoms with Crippen molar-refractivity contribution in [3.05, 3.63) is 0 Å². The van der Waals surface area contributed by atoms with E-state index in [-0.39, 0.29) is 25.7 Å². The van der Waals surface area contributed by atoms with Gasteiger partial charge in [-0.15, -0.1) is 0 Å². The lowest BCUT2D eigenvalue weighted by Crippen LogP contribution is -2.30. The molecule has 0 radical (unpaired) electrons. The van der Waals surface area contributed by atoms with E-state index in [1.807, 2.05) is 0 Å². The highest BCUT2D eigenvalue weighted by atomic mass is 31.2. The lowest BCUT2D eigenvalue weighted by Gasteiger charge is -2.21. The Kier molecular flexibility index (Phi) is 68.4. The van der Waals surface area contributed by atoms with Gasteiger partial charge in [-0.25, -0.2) is 9.13 Å².